The third-order valence-corrected chi connectivity index (χ3v) is 9.85. The Morgan fingerprint density at radius 1 is 0.593 bits per heavy atom. The van der Waals surface area contributed by atoms with Crippen LogP contribution >= 0.6 is 0 Å². The summed E-state index contributed by atoms with van der Waals surface area (Å²) in [5.74, 6) is 0.897. The van der Waals surface area contributed by atoms with Gasteiger partial charge in [0, 0.05) is 27.2 Å². The van der Waals surface area contributed by atoms with E-state index in [1.54, 1.807) is 24.3 Å². The topological polar surface area (TPSA) is 93.8 Å². The average Bonchev–Trinajstić information content (AvgIpc) is 3.70. The second-order valence-corrected chi connectivity index (χ2v) is 14.3. The summed E-state index contributed by atoms with van der Waals surface area (Å²) in [4.78, 5) is 34.2. The first-order valence-electron chi connectivity index (χ1n) is 19.0. The normalized spacial score (nSPS) is 12.3. The second-order valence-electron chi connectivity index (χ2n) is 14.3. The summed E-state index contributed by atoms with van der Waals surface area (Å²) in [6.07, 6.45) is 6.91. The number of halogens is 2. The fourth-order valence-electron chi connectivity index (χ4n) is 6.44. The Morgan fingerprint density at radius 2 is 1.02 bits per heavy atom. The number of nitrogens with one attached hydrogen (secondary N) is 2. The molecular formula is C44H52F2N6O2. The van der Waals surface area contributed by atoms with Crippen molar-refractivity contribution in [3.63, 3.8) is 0 Å². The molecule has 0 aliphatic carbocycles. The minimum atomic E-state index is -0.259. The van der Waals surface area contributed by atoms with E-state index < -0.39 is 0 Å². The summed E-state index contributed by atoms with van der Waals surface area (Å²) in [5, 5.41) is 6.00. The molecule has 0 aliphatic heterocycles. The van der Waals surface area contributed by atoms with Crippen molar-refractivity contribution in [1.29, 1.82) is 0 Å². The molecule has 2 heterocycles. The van der Waals surface area contributed by atoms with Gasteiger partial charge in [-0.1, -0.05) is 89.8 Å². The maximum atomic E-state index is 13.2. The van der Waals surface area contributed by atoms with Crippen LogP contribution in [0.15, 0.2) is 84.9 Å². The number of hydrogen-bond donors (Lipinski definition) is 2. The van der Waals surface area contributed by atoms with Gasteiger partial charge in [0.25, 0.3) is 11.8 Å². The summed E-state index contributed by atoms with van der Waals surface area (Å²) in [7, 11) is 3.70. The Kier molecular flexibility index (Phi) is 13.7. The molecule has 2 aromatic heterocycles. The fraction of sp³-hybridized carbons (Fsp3) is 0.364. The number of aromatic nitrogens is 4. The predicted octanol–water partition coefficient (Wildman–Crippen LogP) is 9.87. The minimum absolute atomic E-state index is 0.152. The number of aryl methyl sites for hydroxylation is 2. The number of amides is 2. The van der Waals surface area contributed by atoms with Crippen molar-refractivity contribution in [3.05, 3.63) is 108 Å². The van der Waals surface area contributed by atoms with E-state index >= 15 is 0 Å². The van der Waals surface area contributed by atoms with Gasteiger partial charge in [0.2, 0.25) is 0 Å². The summed E-state index contributed by atoms with van der Waals surface area (Å²) in [6.45, 7) is 9.96. The van der Waals surface area contributed by atoms with Crippen LogP contribution < -0.4 is 10.6 Å². The minimum Gasteiger partial charge on any atom is -0.349 e. The lowest BCUT2D eigenvalue weighted by atomic mass is 10.0. The zero-order valence-corrected chi connectivity index (χ0v) is 32.3. The molecule has 54 heavy (non-hydrogen) atoms. The number of hydrogen-bond acceptors (Lipinski definition) is 4. The van der Waals surface area contributed by atoms with E-state index in [1.165, 1.54) is 49.9 Å². The molecule has 0 aliphatic rings. The van der Waals surface area contributed by atoms with Crippen molar-refractivity contribution in [2.45, 2.75) is 66.2 Å². The Balaban J connectivity index is 0.000000208. The van der Waals surface area contributed by atoms with Crippen molar-refractivity contribution < 1.29 is 18.4 Å². The van der Waals surface area contributed by atoms with E-state index in [2.05, 4.69) is 48.3 Å². The highest BCUT2D eigenvalue weighted by atomic mass is 19.1. The number of nitrogens with zero attached hydrogens (tertiary/aromatic N) is 4. The van der Waals surface area contributed by atoms with Crippen LogP contribution in [0.1, 0.15) is 87.5 Å². The molecule has 0 unspecified atom stereocenters. The largest absolute Gasteiger partial charge is 0.349 e. The van der Waals surface area contributed by atoms with Crippen LogP contribution in [-0.4, -0.2) is 44.0 Å². The standard InChI is InChI=1S/2C22H26FN3O/c1-4-5-6-15(2)14-24-22(27)21-25-19-13-17(9-12-20(19)26(21)3)16-7-10-18(23)11-8-16;1-4-5-6-15(2)14-24-22(27)21-25-19-12-9-17(13-20(19)26(21)3)16-7-10-18(23)11-8-16/h2*7-13,15H,4-6,14H2,1-3H3,(H,24,27)/t2*15-/m11/s1. The summed E-state index contributed by atoms with van der Waals surface area (Å²) in [5.41, 5.74) is 7.04. The van der Waals surface area contributed by atoms with Crippen molar-refractivity contribution in [2.75, 3.05) is 13.1 Å². The van der Waals surface area contributed by atoms with Gasteiger partial charge >= 0.3 is 0 Å². The monoisotopic (exact) mass is 734 g/mol. The van der Waals surface area contributed by atoms with Crippen molar-refractivity contribution in [3.8, 4) is 22.3 Å². The molecule has 0 saturated heterocycles. The quantitative estimate of drug-likeness (QED) is 0.117. The van der Waals surface area contributed by atoms with Gasteiger partial charge < -0.3 is 19.8 Å². The number of fused-ring (bicyclic) bond motifs is 2. The Labute approximate surface area is 317 Å². The summed E-state index contributed by atoms with van der Waals surface area (Å²) < 4.78 is 29.9. The number of benzene rings is 4. The third kappa shape index (κ3) is 9.98. The average molecular weight is 735 g/mol. The van der Waals surface area contributed by atoms with Crippen LogP contribution in [0, 0.1) is 23.5 Å². The van der Waals surface area contributed by atoms with E-state index in [0.29, 0.717) is 36.6 Å². The van der Waals surface area contributed by atoms with Crippen LogP contribution in [0.3, 0.4) is 0 Å². The molecular weight excluding hydrogens is 683 g/mol. The molecule has 8 nitrogen and oxygen atoms in total. The first kappa shape index (κ1) is 39.8. The first-order chi connectivity index (χ1) is 26.0. The number of carbonyl (C=O) groups excluding carboxylic acids is 2. The van der Waals surface area contributed by atoms with Crippen LogP contribution in [0.25, 0.3) is 44.3 Å². The Morgan fingerprint density at radius 3 is 1.52 bits per heavy atom. The van der Waals surface area contributed by atoms with Gasteiger partial charge in [-0.25, -0.2) is 18.7 Å². The Bertz CT molecular complexity index is 2140. The van der Waals surface area contributed by atoms with Gasteiger partial charge in [0.05, 0.1) is 22.1 Å². The van der Waals surface area contributed by atoms with E-state index in [9.17, 15) is 18.4 Å². The number of unbranched alkanes of at least 4 members (excludes halogenated alkanes) is 2. The van der Waals surface area contributed by atoms with Crippen molar-refractivity contribution in [1.82, 2.24) is 29.7 Å². The molecule has 6 aromatic rings. The van der Waals surface area contributed by atoms with Crippen molar-refractivity contribution in [2.24, 2.45) is 25.9 Å². The highest BCUT2D eigenvalue weighted by molar-refractivity contribution is 5.96. The molecule has 0 radical (unpaired) electrons. The van der Waals surface area contributed by atoms with Gasteiger partial charge in [-0.15, -0.1) is 0 Å². The molecule has 6 rings (SSSR count). The molecule has 0 spiro atoms. The summed E-state index contributed by atoms with van der Waals surface area (Å²) >= 11 is 0. The molecule has 4 aromatic carbocycles. The van der Waals surface area contributed by atoms with E-state index in [-0.39, 0.29) is 23.4 Å². The van der Waals surface area contributed by atoms with E-state index in [1.807, 2.05) is 59.6 Å². The molecule has 10 heteroatoms. The smallest absolute Gasteiger partial charge is 0.287 e. The Hall–Kier alpha value is -5.38. The number of imidazole rings is 2. The van der Waals surface area contributed by atoms with E-state index in [0.717, 1.165) is 57.2 Å². The van der Waals surface area contributed by atoms with Crippen LogP contribution in [0.5, 0.6) is 0 Å². The number of rotatable bonds is 14. The maximum absolute atomic E-state index is 13.2. The van der Waals surface area contributed by atoms with Gasteiger partial charge in [-0.05, 0) is 95.5 Å². The highest BCUT2D eigenvalue weighted by Gasteiger charge is 2.18. The molecule has 284 valence electrons. The SMILES string of the molecule is CCCC[C@@H](C)CNC(=O)c1nc2cc(-c3ccc(F)cc3)ccc2n1C.CCCC[C@@H](C)CNC(=O)c1nc2ccc(-c3ccc(F)cc3)cc2n1C. The molecule has 0 saturated carbocycles. The van der Waals surface area contributed by atoms with Gasteiger partial charge in [-0.2, -0.15) is 0 Å². The fourth-order valence-corrected chi connectivity index (χ4v) is 6.44. The summed E-state index contributed by atoms with van der Waals surface area (Å²) in [6, 6.07) is 24.4. The van der Waals surface area contributed by atoms with Gasteiger partial charge in [0.15, 0.2) is 11.6 Å². The lowest BCUT2D eigenvalue weighted by molar-refractivity contribution is 0.0926. The molecule has 0 bridgehead atoms. The molecule has 2 amide bonds. The van der Waals surface area contributed by atoms with Gasteiger partial charge in [0.1, 0.15) is 11.6 Å². The zero-order valence-electron chi connectivity index (χ0n) is 32.3. The van der Waals surface area contributed by atoms with Gasteiger partial charge in [-0.3, -0.25) is 9.59 Å². The zero-order chi connectivity index (χ0) is 38.8. The predicted molar refractivity (Wildman–Crippen MR) is 214 cm³/mol. The lowest BCUT2D eigenvalue weighted by Crippen LogP contribution is -2.30. The first-order valence-corrected chi connectivity index (χ1v) is 19.0. The molecule has 2 atom stereocenters. The highest BCUT2D eigenvalue weighted by Crippen LogP contribution is 2.26. The van der Waals surface area contributed by atoms with Crippen LogP contribution in [-0.2, 0) is 14.1 Å². The number of carbonyl (C=O) groups is 2. The molecule has 0 fully saturated rings. The molecule has 2 N–H and O–H groups in total. The van der Waals surface area contributed by atoms with E-state index in [4.69, 9.17) is 0 Å². The van der Waals surface area contributed by atoms with Crippen LogP contribution in [0.4, 0.5) is 8.78 Å². The van der Waals surface area contributed by atoms with Crippen LogP contribution in [0.2, 0.25) is 0 Å². The second kappa shape index (κ2) is 18.6. The van der Waals surface area contributed by atoms with Crippen molar-refractivity contribution >= 4 is 33.9 Å². The lowest BCUT2D eigenvalue weighted by Gasteiger charge is -2.11. The maximum Gasteiger partial charge on any atom is 0.287 e. The third-order valence-electron chi connectivity index (χ3n) is 9.85.